The zero-order valence-corrected chi connectivity index (χ0v) is 25.1. The van der Waals surface area contributed by atoms with Gasteiger partial charge in [0.25, 0.3) is 0 Å². The average Bonchev–Trinajstić information content (AvgIpc) is 3.64. The van der Waals surface area contributed by atoms with Gasteiger partial charge in [-0.05, 0) is 73.3 Å². The molecule has 4 aromatic heterocycles. The van der Waals surface area contributed by atoms with Gasteiger partial charge < -0.3 is 14.8 Å². The summed E-state index contributed by atoms with van der Waals surface area (Å²) in [4.78, 5) is 26.3. The lowest BCUT2D eigenvalue weighted by atomic mass is 9.58. The second kappa shape index (κ2) is 10.5. The number of halogens is 2. The van der Waals surface area contributed by atoms with Crippen LogP contribution >= 0.6 is 22.9 Å². The molecule has 5 aromatic rings. The molecule has 3 aliphatic carbocycles. The Morgan fingerprint density at radius 1 is 1.00 bits per heavy atom. The zero-order valence-electron chi connectivity index (χ0n) is 23.6. The summed E-state index contributed by atoms with van der Waals surface area (Å²) in [6, 6.07) is 10.8. The summed E-state index contributed by atoms with van der Waals surface area (Å²) >= 11 is 8.03. The van der Waals surface area contributed by atoms with Crippen LogP contribution in [0.3, 0.4) is 0 Å². The molecule has 1 saturated heterocycles. The highest BCUT2D eigenvalue weighted by molar-refractivity contribution is 7.22. The highest BCUT2D eigenvalue weighted by Crippen LogP contribution is 2.50. The third kappa shape index (κ3) is 4.52. The van der Waals surface area contributed by atoms with Gasteiger partial charge in [-0.3, -0.25) is 0 Å². The van der Waals surface area contributed by atoms with Crippen LogP contribution in [0.4, 0.5) is 15.2 Å². The molecule has 0 amide bonds. The van der Waals surface area contributed by atoms with E-state index in [2.05, 4.69) is 62.0 Å². The van der Waals surface area contributed by atoms with Gasteiger partial charge in [0.05, 0.1) is 22.5 Å². The van der Waals surface area contributed by atoms with Crippen LogP contribution in [0.5, 0.6) is 0 Å². The lowest BCUT2D eigenvalue weighted by Crippen LogP contribution is -2.47. The van der Waals surface area contributed by atoms with E-state index in [1.807, 2.05) is 17.5 Å². The Kier molecular flexibility index (Phi) is 6.55. The van der Waals surface area contributed by atoms with Crippen LogP contribution in [0, 0.1) is 29.5 Å². The molecular formula is C32H33ClFN7S. The summed E-state index contributed by atoms with van der Waals surface area (Å²) in [5, 5.41) is 2.83. The van der Waals surface area contributed by atoms with Crippen LogP contribution in [0.1, 0.15) is 38.3 Å². The number of fused-ring (bicyclic) bond motifs is 5. The fourth-order valence-corrected chi connectivity index (χ4v) is 8.95. The molecule has 0 spiro atoms. The van der Waals surface area contributed by atoms with Crippen LogP contribution in [-0.2, 0) is 6.42 Å². The number of hydrogen-bond acceptors (Lipinski definition) is 7. The molecule has 5 heterocycles. The minimum atomic E-state index is -0.272. The fraction of sp³-hybridized carbons (Fsp3) is 0.438. The molecule has 0 unspecified atom stereocenters. The topological polar surface area (TPSA) is 73.8 Å². The van der Waals surface area contributed by atoms with Crippen molar-refractivity contribution in [1.82, 2.24) is 24.9 Å². The van der Waals surface area contributed by atoms with Gasteiger partial charge in [-0.15, -0.1) is 11.3 Å². The number of aromatic amines is 1. The number of rotatable bonds is 5. The minimum Gasteiger partial charge on any atom is -0.360 e. The second-order valence-electron chi connectivity index (χ2n) is 12.2. The maximum absolute atomic E-state index is 16.5. The van der Waals surface area contributed by atoms with Gasteiger partial charge in [-0.2, -0.15) is 0 Å². The first-order valence-electron chi connectivity index (χ1n) is 15.1. The number of anilines is 2. The van der Waals surface area contributed by atoms with E-state index in [-0.39, 0.29) is 5.82 Å². The van der Waals surface area contributed by atoms with E-state index < -0.39 is 0 Å². The van der Waals surface area contributed by atoms with Crippen molar-refractivity contribution in [3.8, 4) is 11.4 Å². The van der Waals surface area contributed by atoms with E-state index in [0.717, 1.165) is 19.0 Å². The molecule has 2 bridgehead atoms. The molecule has 4 fully saturated rings. The number of benzene rings is 1. The average molecular weight is 602 g/mol. The zero-order chi connectivity index (χ0) is 28.4. The third-order valence-electron chi connectivity index (χ3n) is 10.1. The summed E-state index contributed by atoms with van der Waals surface area (Å²) in [6.45, 7) is 5.35. The van der Waals surface area contributed by atoms with Gasteiger partial charge in [-0.1, -0.05) is 36.7 Å². The fourth-order valence-electron chi connectivity index (χ4n) is 7.70. The maximum atomic E-state index is 16.5. The van der Waals surface area contributed by atoms with E-state index in [9.17, 15) is 0 Å². The van der Waals surface area contributed by atoms with Crippen LogP contribution < -0.4 is 9.80 Å². The van der Waals surface area contributed by atoms with E-state index in [0.29, 0.717) is 76.5 Å². The molecule has 3 saturated carbocycles. The van der Waals surface area contributed by atoms with Gasteiger partial charge in [0, 0.05) is 37.1 Å². The molecule has 9 rings (SSSR count). The molecule has 2 atom stereocenters. The van der Waals surface area contributed by atoms with Gasteiger partial charge in [0.15, 0.2) is 23.1 Å². The molecule has 4 aliphatic rings. The Morgan fingerprint density at radius 2 is 1.76 bits per heavy atom. The van der Waals surface area contributed by atoms with Gasteiger partial charge in [0.1, 0.15) is 10.7 Å². The minimum absolute atomic E-state index is 0.272. The SMILES string of the molecule is C[C@H]1C2CCC(CC2)[C@@H]1Cc1nc(-c2c[nH]c3ncc(Cl)nc23)nc(N2CCN(c3cc4ccccc4s3)CC2)c1F. The molecule has 42 heavy (non-hydrogen) atoms. The maximum Gasteiger partial charge on any atom is 0.187 e. The Morgan fingerprint density at radius 3 is 2.55 bits per heavy atom. The van der Waals surface area contributed by atoms with Crippen molar-refractivity contribution >= 4 is 55.0 Å². The number of nitrogens with one attached hydrogen (secondary N) is 1. The summed E-state index contributed by atoms with van der Waals surface area (Å²) in [6.07, 6.45) is 9.10. The van der Waals surface area contributed by atoms with Crippen LogP contribution in [0.2, 0.25) is 5.15 Å². The molecule has 1 N–H and O–H groups in total. The monoisotopic (exact) mass is 601 g/mol. The van der Waals surface area contributed by atoms with Crippen molar-refractivity contribution in [2.24, 2.45) is 23.7 Å². The summed E-state index contributed by atoms with van der Waals surface area (Å²) in [5.41, 5.74) is 2.44. The van der Waals surface area contributed by atoms with E-state index in [1.54, 1.807) is 0 Å². The molecule has 0 radical (unpaired) electrons. The standard InChI is InChI=1S/C32H33ClFN7S/c1-18-19-6-8-20(9-7-19)22(18)15-24-28(34)32(39-30(37-24)23-16-35-31-29(23)38-26(33)17-36-31)41-12-10-40(11-13-41)27-14-21-4-2-3-5-25(21)42-27/h2-5,14,16-20,22H,6-13,15H2,1H3,(H,35,36)/t18-,19?,20?,22+/m0/s1. The Bertz CT molecular complexity index is 1730. The second-order valence-corrected chi connectivity index (χ2v) is 13.7. The van der Waals surface area contributed by atoms with Crippen molar-refractivity contribution in [2.75, 3.05) is 36.0 Å². The first-order valence-corrected chi connectivity index (χ1v) is 16.3. The van der Waals surface area contributed by atoms with Crippen molar-refractivity contribution in [2.45, 2.75) is 39.0 Å². The van der Waals surface area contributed by atoms with Gasteiger partial charge in [-0.25, -0.2) is 24.3 Å². The first-order chi connectivity index (χ1) is 20.5. The predicted molar refractivity (Wildman–Crippen MR) is 168 cm³/mol. The Hall–Kier alpha value is -3.30. The van der Waals surface area contributed by atoms with Gasteiger partial charge in [0.2, 0.25) is 0 Å². The van der Waals surface area contributed by atoms with Crippen LogP contribution in [0.25, 0.3) is 32.6 Å². The number of thiophene rings is 1. The molecule has 10 heteroatoms. The smallest absolute Gasteiger partial charge is 0.187 e. The molecule has 7 nitrogen and oxygen atoms in total. The molecule has 1 aromatic carbocycles. The largest absolute Gasteiger partial charge is 0.360 e. The normalized spacial score (nSPS) is 24.3. The number of aromatic nitrogens is 5. The Labute approximate surface area is 253 Å². The van der Waals surface area contributed by atoms with Crippen molar-refractivity contribution < 1.29 is 4.39 Å². The third-order valence-corrected chi connectivity index (χ3v) is 11.4. The van der Waals surface area contributed by atoms with Crippen LogP contribution in [-0.4, -0.2) is 51.1 Å². The molecule has 216 valence electrons. The first kappa shape index (κ1) is 26.3. The van der Waals surface area contributed by atoms with Crippen molar-refractivity contribution in [3.05, 3.63) is 59.4 Å². The number of piperazine rings is 1. The lowest BCUT2D eigenvalue weighted by molar-refractivity contribution is 0.0334. The van der Waals surface area contributed by atoms with E-state index >= 15 is 4.39 Å². The lowest BCUT2D eigenvalue weighted by Gasteiger charge is -2.47. The summed E-state index contributed by atoms with van der Waals surface area (Å²) in [7, 11) is 0. The molecular weight excluding hydrogens is 569 g/mol. The van der Waals surface area contributed by atoms with Crippen LogP contribution in [0.15, 0.2) is 42.7 Å². The van der Waals surface area contributed by atoms with E-state index in [4.69, 9.17) is 21.6 Å². The number of H-pyrrole nitrogens is 1. The quantitative estimate of drug-likeness (QED) is 0.227. The number of nitrogens with zero attached hydrogens (tertiary/aromatic N) is 6. The molecule has 1 aliphatic heterocycles. The highest BCUT2D eigenvalue weighted by atomic mass is 35.5. The number of hydrogen-bond donors (Lipinski definition) is 1. The summed E-state index contributed by atoms with van der Waals surface area (Å²) in [5.74, 6) is 3.03. The van der Waals surface area contributed by atoms with Crippen molar-refractivity contribution in [3.63, 3.8) is 0 Å². The summed E-state index contributed by atoms with van der Waals surface area (Å²) < 4.78 is 17.8. The Balaban J connectivity index is 1.14. The van der Waals surface area contributed by atoms with Crippen molar-refractivity contribution in [1.29, 1.82) is 0 Å². The van der Waals surface area contributed by atoms with E-state index in [1.165, 1.54) is 47.0 Å². The predicted octanol–water partition coefficient (Wildman–Crippen LogP) is 7.36. The van der Waals surface area contributed by atoms with Gasteiger partial charge >= 0.3 is 0 Å². The highest BCUT2D eigenvalue weighted by Gasteiger charge is 2.42.